The molecule has 0 amide bonds. The minimum Gasteiger partial charge on any atom is -0.403 e. The third-order valence-corrected chi connectivity index (χ3v) is 12.3. The molecule has 35 heavy (non-hydrogen) atoms. The zero-order valence-electron chi connectivity index (χ0n) is 21.8. The smallest absolute Gasteiger partial charge is 0.261 e. The van der Waals surface area contributed by atoms with Crippen molar-refractivity contribution in [1.29, 1.82) is 0 Å². The van der Waals surface area contributed by atoms with Gasteiger partial charge < -0.3 is 19.0 Å². The summed E-state index contributed by atoms with van der Waals surface area (Å²) in [5.41, 5.74) is 2.53. The Hall–Kier alpha value is -2.02. The van der Waals surface area contributed by atoms with Gasteiger partial charge in [-0.25, -0.2) is 0 Å². The lowest BCUT2D eigenvalue weighted by molar-refractivity contribution is -0.143. The summed E-state index contributed by atoms with van der Waals surface area (Å²) in [4.78, 5) is 0. The Labute approximate surface area is 211 Å². The molecule has 188 valence electrons. The van der Waals surface area contributed by atoms with E-state index in [2.05, 4.69) is 87.5 Å². The van der Waals surface area contributed by atoms with E-state index in [9.17, 15) is 5.11 Å². The number of rotatable bonds is 7. The van der Waals surface area contributed by atoms with Gasteiger partial charge in [0.15, 0.2) is 5.79 Å². The molecule has 1 aliphatic heterocycles. The number of aliphatic hydroxyl groups is 1. The first-order chi connectivity index (χ1) is 16.7. The van der Waals surface area contributed by atoms with Crippen LogP contribution in [0.25, 0.3) is 0 Å². The molecule has 1 aliphatic carbocycles. The maximum atomic E-state index is 9.61. The Morgan fingerprint density at radius 1 is 1.03 bits per heavy atom. The van der Waals surface area contributed by atoms with Crippen LogP contribution >= 0.6 is 0 Å². The standard InChI is InChI=1S/C30H40O4Si/c1-29(2,3)35(25-12-8-6-9-13-25,26-14-10-7-11-15-26)33-21-23-16-17-24(18-19-31)27(20-23)28-22-32-30(4,5)34-28/h6-16,18,27-28,31H,17,19-22H2,1-5H3/b24-18-/t27-,28+/m0/s1. The molecule has 4 rings (SSSR count). The fourth-order valence-corrected chi connectivity index (χ4v) is 10.2. The van der Waals surface area contributed by atoms with Crippen LogP contribution in [-0.2, 0) is 13.9 Å². The van der Waals surface area contributed by atoms with Gasteiger partial charge in [-0.15, -0.1) is 0 Å². The molecular formula is C30H40O4Si. The van der Waals surface area contributed by atoms with Gasteiger partial charge >= 0.3 is 0 Å². The van der Waals surface area contributed by atoms with Crippen LogP contribution in [0.5, 0.6) is 0 Å². The lowest BCUT2D eigenvalue weighted by Gasteiger charge is -2.43. The molecule has 0 bridgehead atoms. The zero-order valence-corrected chi connectivity index (χ0v) is 22.8. The van der Waals surface area contributed by atoms with Gasteiger partial charge in [-0.1, -0.05) is 99.2 Å². The predicted octanol–water partition coefficient (Wildman–Crippen LogP) is 4.97. The maximum Gasteiger partial charge on any atom is 0.261 e. The van der Waals surface area contributed by atoms with E-state index in [0.29, 0.717) is 13.2 Å². The summed E-state index contributed by atoms with van der Waals surface area (Å²) in [5.74, 6) is -0.381. The molecule has 4 nitrogen and oxygen atoms in total. The normalized spacial score (nSPS) is 23.9. The van der Waals surface area contributed by atoms with Crippen molar-refractivity contribution in [1.82, 2.24) is 0 Å². The molecule has 2 aliphatic rings. The summed E-state index contributed by atoms with van der Waals surface area (Å²) < 4.78 is 19.3. The van der Waals surface area contributed by atoms with Crippen LogP contribution in [0.4, 0.5) is 0 Å². The monoisotopic (exact) mass is 492 g/mol. The molecule has 1 N–H and O–H groups in total. The Morgan fingerprint density at radius 2 is 1.63 bits per heavy atom. The number of benzene rings is 2. The largest absolute Gasteiger partial charge is 0.403 e. The number of aliphatic hydroxyl groups excluding tert-OH is 1. The molecule has 1 saturated heterocycles. The van der Waals surface area contributed by atoms with Gasteiger partial charge in [0.25, 0.3) is 8.32 Å². The van der Waals surface area contributed by atoms with E-state index in [4.69, 9.17) is 13.9 Å². The first-order valence-corrected chi connectivity index (χ1v) is 14.6. The summed E-state index contributed by atoms with van der Waals surface area (Å²) in [5, 5.41) is 12.1. The molecule has 2 aromatic carbocycles. The van der Waals surface area contributed by atoms with Crippen molar-refractivity contribution >= 4 is 18.7 Å². The van der Waals surface area contributed by atoms with Crippen molar-refractivity contribution in [2.45, 2.75) is 64.4 Å². The molecule has 1 fully saturated rings. The molecule has 0 unspecified atom stereocenters. The van der Waals surface area contributed by atoms with Gasteiger partial charge in [0, 0.05) is 5.92 Å². The van der Waals surface area contributed by atoms with Crippen molar-refractivity contribution in [2.24, 2.45) is 5.92 Å². The Kier molecular flexibility index (Phi) is 7.84. The van der Waals surface area contributed by atoms with Crippen LogP contribution in [0.3, 0.4) is 0 Å². The van der Waals surface area contributed by atoms with E-state index in [-0.39, 0.29) is 23.7 Å². The first kappa shape index (κ1) is 26.1. The van der Waals surface area contributed by atoms with Crippen LogP contribution in [0.15, 0.2) is 84.0 Å². The quantitative estimate of drug-likeness (QED) is 0.438. The molecule has 0 radical (unpaired) electrons. The molecule has 2 aromatic rings. The molecule has 0 saturated carbocycles. The van der Waals surface area contributed by atoms with E-state index < -0.39 is 14.1 Å². The van der Waals surface area contributed by atoms with Gasteiger partial charge in [0.2, 0.25) is 0 Å². The molecule has 0 spiro atoms. The minimum absolute atomic E-state index is 0.0145. The van der Waals surface area contributed by atoms with Crippen molar-refractivity contribution in [2.75, 3.05) is 19.8 Å². The summed E-state index contributed by atoms with van der Waals surface area (Å²) in [6, 6.07) is 21.6. The number of hydrogen-bond acceptors (Lipinski definition) is 4. The molecule has 2 atom stereocenters. The van der Waals surface area contributed by atoms with Crippen LogP contribution < -0.4 is 10.4 Å². The summed E-state index contributed by atoms with van der Waals surface area (Å²) in [6.45, 7) is 12.1. The average molecular weight is 493 g/mol. The second-order valence-electron chi connectivity index (χ2n) is 11.2. The molecule has 0 aromatic heterocycles. The van der Waals surface area contributed by atoms with E-state index in [1.165, 1.54) is 21.5 Å². The van der Waals surface area contributed by atoms with Crippen molar-refractivity contribution in [3.05, 3.63) is 84.0 Å². The Balaban J connectivity index is 1.64. The first-order valence-electron chi connectivity index (χ1n) is 12.7. The zero-order chi connectivity index (χ0) is 25.1. The van der Waals surface area contributed by atoms with Crippen molar-refractivity contribution < 1.29 is 19.0 Å². The lowest BCUT2D eigenvalue weighted by atomic mass is 9.81. The van der Waals surface area contributed by atoms with E-state index in [0.717, 1.165) is 12.8 Å². The summed E-state index contributed by atoms with van der Waals surface area (Å²) in [7, 11) is -2.59. The third-order valence-electron chi connectivity index (χ3n) is 7.31. The molecular weight excluding hydrogens is 452 g/mol. The number of ether oxygens (including phenoxy) is 2. The summed E-state index contributed by atoms with van der Waals surface area (Å²) >= 11 is 0. The Morgan fingerprint density at radius 3 is 2.11 bits per heavy atom. The lowest BCUT2D eigenvalue weighted by Crippen LogP contribution is -2.66. The third kappa shape index (κ3) is 5.55. The predicted molar refractivity (Wildman–Crippen MR) is 144 cm³/mol. The van der Waals surface area contributed by atoms with Gasteiger partial charge in [-0.2, -0.15) is 0 Å². The van der Waals surface area contributed by atoms with E-state index >= 15 is 0 Å². The van der Waals surface area contributed by atoms with Crippen LogP contribution in [-0.4, -0.2) is 45.1 Å². The van der Waals surface area contributed by atoms with Crippen molar-refractivity contribution in [3.63, 3.8) is 0 Å². The topological polar surface area (TPSA) is 47.9 Å². The fraction of sp³-hybridized carbons (Fsp3) is 0.467. The van der Waals surface area contributed by atoms with Gasteiger partial charge in [-0.3, -0.25) is 0 Å². The molecule has 5 heteroatoms. The van der Waals surface area contributed by atoms with Crippen LogP contribution in [0.2, 0.25) is 5.04 Å². The second kappa shape index (κ2) is 10.5. The summed E-state index contributed by atoms with van der Waals surface area (Å²) in [6.07, 6.45) is 5.88. The highest BCUT2D eigenvalue weighted by atomic mass is 28.4. The molecule has 1 heterocycles. The minimum atomic E-state index is -2.59. The van der Waals surface area contributed by atoms with Crippen LogP contribution in [0.1, 0.15) is 47.5 Å². The van der Waals surface area contributed by atoms with Crippen molar-refractivity contribution in [3.8, 4) is 0 Å². The van der Waals surface area contributed by atoms with Gasteiger partial charge in [0.05, 0.1) is 25.9 Å². The highest BCUT2D eigenvalue weighted by Crippen LogP contribution is 2.40. The average Bonchev–Trinajstić information content (AvgIpc) is 3.20. The highest BCUT2D eigenvalue weighted by molar-refractivity contribution is 6.99. The fourth-order valence-electron chi connectivity index (χ4n) is 5.63. The van der Waals surface area contributed by atoms with Gasteiger partial charge in [-0.05, 0) is 47.7 Å². The second-order valence-corrected chi connectivity index (χ2v) is 15.5. The van der Waals surface area contributed by atoms with E-state index in [1.807, 2.05) is 19.9 Å². The number of hydrogen-bond donors (Lipinski definition) is 1. The highest BCUT2D eigenvalue weighted by Gasteiger charge is 2.50. The SMILES string of the molecule is CC1(C)OC[C@H]([C@H]2CC(CO[Si](c3ccccc3)(c3ccccc3)C(C)(C)C)=CC/C2=C/CO)O1. The number of allylic oxidation sites excluding steroid dienone is 1. The van der Waals surface area contributed by atoms with Gasteiger partial charge in [0.1, 0.15) is 0 Å². The van der Waals surface area contributed by atoms with Crippen LogP contribution in [0, 0.1) is 5.92 Å². The maximum absolute atomic E-state index is 9.61. The van der Waals surface area contributed by atoms with E-state index in [1.54, 1.807) is 0 Å². The Bertz CT molecular complexity index is 998.